The van der Waals surface area contributed by atoms with Crippen LogP contribution in [0.2, 0.25) is 0 Å². The van der Waals surface area contributed by atoms with Gasteiger partial charge in [-0.15, -0.1) is 0 Å². The lowest BCUT2D eigenvalue weighted by Gasteiger charge is -2.09. The molecule has 0 unspecified atom stereocenters. The molecule has 0 aliphatic carbocycles. The van der Waals surface area contributed by atoms with Gasteiger partial charge in [-0.3, -0.25) is 0 Å². The molecule has 3 heterocycles. The molecule has 4 heteroatoms. The molecule has 0 bridgehead atoms. The van der Waals surface area contributed by atoms with Crippen molar-refractivity contribution in [2.75, 3.05) is 0 Å². The second kappa shape index (κ2) is 8.36. The fourth-order valence-corrected chi connectivity index (χ4v) is 4.74. The van der Waals surface area contributed by atoms with Crippen molar-refractivity contribution in [1.29, 1.82) is 0 Å². The molecule has 0 radical (unpaired) electrons. The van der Waals surface area contributed by atoms with Crippen molar-refractivity contribution in [2.45, 2.75) is 0 Å². The number of hydrogen-bond donors (Lipinski definition) is 0. The first kappa shape index (κ1) is 20.4. The lowest BCUT2D eigenvalue weighted by molar-refractivity contribution is 1.15. The number of pyridine rings is 2. The number of benzene rings is 4. The zero-order valence-electron chi connectivity index (χ0n) is 19.3. The van der Waals surface area contributed by atoms with E-state index in [0.717, 1.165) is 49.9 Å². The summed E-state index contributed by atoms with van der Waals surface area (Å²) in [4.78, 5) is 19.3. The van der Waals surface area contributed by atoms with Gasteiger partial charge in [0, 0.05) is 34.3 Å². The van der Waals surface area contributed by atoms with Crippen molar-refractivity contribution in [3.63, 3.8) is 0 Å². The number of aromatic nitrogens is 4. The zero-order valence-corrected chi connectivity index (χ0v) is 19.3. The van der Waals surface area contributed by atoms with E-state index < -0.39 is 0 Å². The maximum absolute atomic E-state index is 4.99. The van der Waals surface area contributed by atoms with E-state index >= 15 is 0 Å². The highest BCUT2D eigenvalue weighted by molar-refractivity contribution is 6.04. The van der Waals surface area contributed by atoms with Gasteiger partial charge in [0.2, 0.25) is 0 Å². The summed E-state index contributed by atoms with van der Waals surface area (Å²) in [6.07, 6.45) is 3.76. The summed E-state index contributed by atoms with van der Waals surface area (Å²) in [6, 6.07) is 37.3. The second-order valence-electron chi connectivity index (χ2n) is 8.79. The Kier molecular flexibility index (Phi) is 4.74. The zero-order chi connectivity index (χ0) is 23.9. The second-order valence-corrected chi connectivity index (χ2v) is 8.79. The molecule has 7 rings (SSSR count). The van der Waals surface area contributed by atoms with E-state index in [1.165, 1.54) is 10.8 Å². The molecule has 0 aliphatic rings. The van der Waals surface area contributed by atoms with E-state index in [0.29, 0.717) is 5.82 Å². The summed E-state index contributed by atoms with van der Waals surface area (Å²) in [7, 11) is 0. The summed E-state index contributed by atoms with van der Waals surface area (Å²) in [5, 5.41) is 4.48. The Morgan fingerprint density at radius 3 is 1.81 bits per heavy atom. The van der Waals surface area contributed by atoms with Crippen LogP contribution in [0, 0.1) is 0 Å². The number of hydrogen-bond acceptors (Lipinski definition) is 4. The molecule has 4 nitrogen and oxygen atoms in total. The monoisotopic (exact) mass is 460 g/mol. The van der Waals surface area contributed by atoms with Gasteiger partial charge >= 0.3 is 0 Å². The number of fused-ring (bicyclic) bond motifs is 4. The maximum Gasteiger partial charge on any atom is 0.178 e. The molecular weight excluding hydrogens is 440 g/mol. The first-order chi connectivity index (χ1) is 17.8. The number of rotatable bonds is 3. The minimum absolute atomic E-state index is 0.595. The summed E-state index contributed by atoms with van der Waals surface area (Å²) in [5.41, 5.74) is 6.57. The van der Waals surface area contributed by atoms with Crippen LogP contribution in [0.3, 0.4) is 0 Å². The molecule has 0 fully saturated rings. The molecule has 36 heavy (non-hydrogen) atoms. The van der Waals surface area contributed by atoms with Crippen LogP contribution in [0.4, 0.5) is 0 Å². The van der Waals surface area contributed by atoms with E-state index in [1.807, 2.05) is 36.7 Å². The first-order valence-electron chi connectivity index (χ1n) is 11.9. The maximum atomic E-state index is 4.99. The van der Waals surface area contributed by atoms with Crippen molar-refractivity contribution >= 4 is 32.6 Å². The topological polar surface area (TPSA) is 51.6 Å². The average Bonchev–Trinajstić information content (AvgIpc) is 2.97. The Morgan fingerprint density at radius 2 is 1.03 bits per heavy atom. The van der Waals surface area contributed by atoms with Gasteiger partial charge in [0.15, 0.2) is 5.82 Å². The Hall–Kier alpha value is -4.96. The van der Waals surface area contributed by atoms with Gasteiger partial charge in [-0.2, -0.15) is 0 Å². The van der Waals surface area contributed by atoms with Crippen LogP contribution in [0.5, 0.6) is 0 Å². The molecule has 3 aromatic heterocycles. The van der Waals surface area contributed by atoms with E-state index in [2.05, 4.69) is 84.9 Å². The van der Waals surface area contributed by atoms with Crippen molar-refractivity contribution in [2.24, 2.45) is 0 Å². The van der Waals surface area contributed by atoms with Crippen LogP contribution in [0.1, 0.15) is 0 Å². The lowest BCUT2D eigenvalue weighted by atomic mass is 10.0. The minimum atomic E-state index is 0.595. The molecule has 0 aliphatic heterocycles. The van der Waals surface area contributed by atoms with Gasteiger partial charge < -0.3 is 0 Å². The Morgan fingerprint density at radius 1 is 0.417 bits per heavy atom. The molecule has 0 N–H and O–H groups in total. The van der Waals surface area contributed by atoms with Crippen LogP contribution in [-0.2, 0) is 0 Å². The highest BCUT2D eigenvalue weighted by atomic mass is 14.9. The molecule has 0 atom stereocenters. The summed E-state index contributed by atoms with van der Waals surface area (Å²) < 4.78 is 0. The van der Waals surface area contributed by atoms with Gasteiger partial charge in [0.05, 0.1) is 16.7 Å². The molecule has 168 valence electrons. The highest BCUT2D eigenvalue weighted by Crippen LogP contribution is 2.30. The molecule has 0 saturated carbocycles. The quantitative estimate of drug-likeness (QED) is 0.253. The van der Waals surface area contributed by atoms with Crippen LogP contribution < -0.4 is 0 Å². The third-order valence-electron chi connectivity index (χ3n) is 6.57. The molecule has 0 saturated heterocycles. The molecule has 7 aromatic rings. The lowest BCUT2D eigenvalue weighted by Crippen LogP contribution is -1.94. The average molecular weight is 461 g/mol. The van der Waals surface area contributed by atoms with E-state index in [4.69, 9.17) is 19.9 Å². The van der Waals surface area contributed by atoms with Crippen LogP contribution >= 0.6 is 0 Å². The molecule has 4 aromatic carbocycles. The van der Waals surface area contributed by atoms with E-state index in [1.54, 1.807) is 0 Å². The Labute approximate surface area is 208 Å². The largest absolute Gasteiger partial charge is 0.245 e. The van der Waals surface area contributed by atoms with E-state index in [9.17, 15) is 0 Å². The molecule has 0 spiro atoms. The SMILES string of the molecule is c1ccc(-c2ccc3ccc4ccc(-c5ncc(-c6cccc7ccccc67)cn5)nc4c3n2)cc1. The third kappa shape index (κ3) is 3.48. The predicted molar refractivity (Wildman–Crippen MR) is 146 cm³/mol. The fourth-order valence-electron chi connectivity index (χ4n) is 4.74. The summed E-state index contributed by atoms with van der Waals surface area (Å²) in [5.74, 6) is 0.595. The van der Waals surface area contributed by atoms with Gasteiger partial charge in [-0.1, -0.05) is 97.1 Å². The normalized spacial score (nSPS) is 11.3. The summed E-state index contributed by atoms with van der Waals surface area (Å²) in [6.45, 7) is 0. The van der Waals surface area contributed by atoms with Crippen molar-refractivity contribution < 1.29 is 0 Å². The Balaban J connectivity index is 1.32. The fraction of sp³-hybridized carbons (Fsp3) is 0. The minimum Gasteiger partial charge on any atom is -0.245 e. The smallest absolute Gasteiger partial charge is 0.178 e. The van der Waals surface area contributed by atoms with Crippen LogP contribution in [0.15, 0.2) is 122 Å². The van der Waals surface area contributed by atoms with Gasteiger partial charge in [0.1, 0.15) is 5.69 Å². The van der Waals surface area contributed by atoms with Crippen molar-refractivity contribution in [1.82, 2.24) is 19.9 Å². The highest BCUT2D eigenvalue weighted by Gasteiger charge is 2.11. The van der Waals surface area contributed by atoms with Crippen molar-refractivity contribution in [3.8, 4) is 33.9 Å². The van der Waals surface area contributed by atoms with Crippen molar-refractivity contribution in [3.05, 3.63) is 122 Å². The van der Waals surface area contributed by atoms with E-state index in [-0.39, 0.29) is 0 Å². The first-order valence-corrected chi connectivity index (χ1v) is 11.9. The molecular formula is C32H20N4. The standard InChI is InChI=1S/C32H20N4/c1-2-8-22(9-3-1)28-17-15-23-13-14-24-16-18-29(36-31(24)30(23)35-28)32-33-19-25(20-34-32)27-12-6-10-21-7-4-5-11-26(21)27/h1-20H. The predicted octanol–water partition coefficient (Wildman–Crippen LogP) is 7.73. The van der Waals surface area contributed by atoms with Crippen LogP contribution in [0.25, 0.3) is 66.5 Å². The Bertz CT molecular complexity index is 1870. The summed E-state index contributed by atoms with van der Waals surface area (Å²) >= 11 is 0. The molecule has 0 amide bonds. The van der Waals surface area contributed by atoms with Crippen LogP contribution in [-0.4, -0.2) is 19.9 Å². The van der Waals surface area contributed by atoms with Gasteiger partial charge in [-0.25, -0.2) is 19.9 Å². The van der Waals surface area contributed by atoms with Gasteiger partial charge in [-0.05, 0) is 28.5 Å². The number of nitrogens with zero attached hydrogens (tertiary/aromatic N) is 4. The van der Waals surface area contributed by atoms with Gasteiger partial charge in [0.25, 0.3) is 0 Å². The third-order valence-corrected chi connectivity index (χ3v) is 6.57.